The lowest BCUT2D eigenvalue weighted by atomic mass is 10.1. The molecule has 0 aliphatic carbocycles. The van der Waals surface area contributed by atoms with Crippen LogP contribution in [0.4, 0.5) is 0 Å². The van der Waals surface area contributed by atoms with Gasteiger partial charge < -0.3 is 10.5 Å². The molecule has 0 aliphatic heterocycles. The number of rotatable bonds is 6. The van der Waals surface area contributed by atoms with Crippen LogP contribution in [0, 0.1) is 0 Å². The van der Waals surface area contributed by atoms with Gasteiger partial charge in [0.05, 0.1) is 13.5 Å². The molecule has 0 spiro atoms. The third-order valence-electron chi connectivity index (χ3n) is 1.58. The summed E-state index contributed by atoms with van der Waals surface area (Å²) in [5.74, 6) is 0.890. The molecule has 0 amide bonds. The maximum Gasteiger partial charge on any atom is 0.307 e. The van der Waals surface area contributed by atoms with Crippen molar-refractivity contribution in [2.75, 3.05) is 19.1 Å². The molecule has 0 saturated carbocycles. The number of hydrogen-bond acceptors (Lipinski definition) is 4. The van der Waals surface area contributed by atoms with Gasteiger partial charge in [0.2, 0.25) is 0 Å². The molecule has 2 N–H and O–H groups in total. The standard InChI is InChI=1S/C8H17NO2S/c1-11-8(10)6-7(9)4-3-5-12-2/h7H,3-6,9H2,1-2H3. The molecule has 0 radical (unpaired) electrons. The zero-order valence-corrected chi connectivity index (χ0v) is 8.52. The second kappa shape index (κ2) is 7.43. The smallest absolute Gasteiger partial charge is 0.307 e. The minimum Gasteiger partial charge on any atom is -0.469 e. The molecule has 72 valence electrons. The largest absolute Gasteiger partial charge is 0.469 e. The highest BCUT2D eigenvalue weighted by molar-refractivity contribution is 7.98. The van der Waals surface area contributed by atoms with Crippen LogP contribution < -0.4 is 5.73 Å². The van der Waals surface area contributed by atoms with E-state index in [-0.39, 0.29) is 12.0 Å². The molecule has 1 atom stereocenters. The Labute approximate surface area is 78.0 Å². The number of ether oxygens (including phenoxy) is 1. The lowest BCUT2D eigenvalue weighted by Gasteiger charge is -2.08. The van der Waals surface area contributed by atoms with Crippen molar-refractivity contribution in [3.63, 3.8) is 0 Å². The van der Waals surface area contributed by atoms with Crippen molar-refractivity contribution in [3.8, 4) is 0 Å². The normalized spacial score (nSPS) is 12.6. The maximum absolute atomic E-state index is 10.7. The minimum atomic E-state index is -0.216. The highest BCUT2D eigenvalue weighted by atomic mass is 32.2. The van der Waals surface area contributed by atoms with E-state index in [1.807, 2.05) is 0 Å². The van der Waals surface area contributed by atoms with E-state index in [1.165, 1.54) is 7.11 Å². The van der Waals surface area contributed by atoms with Crippen LogP contribution in [0.25, 0.3) is 0 Å². The monoisotopic (exact) mass is 191 g/mol. The second-order valence-corrected chi connectivity index (χ2v) is 3.66. The van der Waals surface area contributed by atoms with E-state index < -0.39 is 0 Å². The van der Waals surface area contributed by atoms with Crippen LogP contribution in [-0.2, 0) is 9.53 Å². The van der Waals surface area contributed by atoms with Gasteiger partial charge in [-0.2, -0.15) is 11.8 Å². The van der Waals surface area contributed by atoms with E-state index in [0.29, 0.717) is 6.42 Å². The number of thioether (sulfide) groups is 1. The number of esters is 1. The third kappa shape index (κ3) is 6.49. The van der Waals surface area contributed by atoms with Gasteiger partial charge in [-0.3, -0.25) is 4.79 Å². The number of nitrogens with two attached hydrogens (primary N) is 1. The van der Waals surface area contributed by atoms with E-state index in [9.17, 15) is 4.79 Å². The lowest BCUT2D eigenvalue weighted by Crippen LogP contribution is -2.24. The van der Waals surface area contributed by atoms with E-state index >= 15 is 0 Å². The van der Waals surface area contributed by atoms with Gasteiger partial charge in [-0.1, -0.05) is 0 Å². The molecule has 4 heteroatoms. The quantitative estimate of drug-likeness (QED) is 0.503. The van der Waals surface area contributed by atoms with E-state index in [2.05, 4.69) is 11.0 Å². The van der Waals surface area contributed by atoms with Crippen LogP contribution in [0.3, 0.4) is 0 Å². The first-order valence-electron chi connectivity index (χ1n) is 4.02. The molecule has 0 aromatic carbocycles. The molecule has 0 rings (SSSR count). The molecular weight excluding hydrogens is 174 g/mol. The highest BCUT2D eigenvalue weighted by Crippen LogP contribution is 2.04. The Morgan fingerprint density at radius 1 is 1.67 bits per heavy atom. The lowest BCUT2D eigenvalue weighted by molar-refractivity contribution is -0.141. The zero-order chi connectivity index (χ0) is 9.40. The number of methoxy groups -OCH3 is 1. The molecule has 0 heterocycles. The Morgan fingerprint density at radius 3 is 2.83 bits per heavy atom. The topological polar surface area (TPSA) is 52.3 Å². The van der Waals surface area contributed by atoms with Crippen LogP contribution in [-0.4, -0.2) is 31.1 Å². The first-order valence-corrected chi connectivity index (χ1v) is 5.41. The van der Waals surface area contributed by atoms with Gasteiger partial charge in [0.1, 0.15) is 0 Å². The first-order chi connectivity index (χ1) is 5.70. The predicted molar refractivity (Wildman–Crippen MR) is 52.2 cm³/mol. The molecule has 3 nitrogen and oxygen atoms in total. The summed E-state index contributed by atoms with van der Waals surface area (Å²) in [5, 5.41) is 0. The number of carbonyl (C=O) groups excluding carboxylic acids is 1. The summed E-state index contributed by atoms with van der Waals surface area (Å²) >= 11 is 1.80. The van der Waals surface area contributed by atoms with E-state index in [1.54, 1.807) is 11.8 Å². The van der Waals surface area contributed by atoms with Crippen molar-refractivity contribution < 1.29 is 9.53 Å². The van der Waals surface area contributed by atoms with Gasteiger partial charge >= 0.3 is 5.97 Å². The molecule has 1 unspecified atom stereocenters. The zero-order valence-electron chi connectivity index (χ0n) is 7.71. The fourth-order valence-corrected chi connectivity index (χ4v) is 1.34. The average Bonchev–Trinajstić information content (AvgIpc) is 2.05. The van der Waals surface area contributed by atoms with Crippen LogP contribution in [0.2, 0.25) is 0 Å². The van der Waals surface area contributed by atoms with E-state index in [4.69, 9.17) is 5.73 Å². The van der Waals surface area contributed by atoms with Crippen molar-refractivity contribution in [3.05, 3.63) is 0 Å². The van der Waals surface area contributed by atoms with Gasteiger partial charge in [0.25, 0.3) is 0 Å². The Hall–Kier alpha value is -0.220. The summed E-state index contributed by atoms with van der Waals surface area (Å²) in [5.41, 5.74) is 5.68. The molecule has 0 aliphatic rings. The van der Waals surface area contributed by atoms with E-state index in [0.717, 1.165) is 18.6 Å². The van der Waals surface area contributed by atoms with Crippen LogP contribution in [0.1, 0.15) is 19.3 Å². The van der Waals surface area contributed by atoms with Gasteiger partial charge in [-0.25, -0.2) is 0 Å². The van der Waals surface area contributed by atoms with Gasteiger partial charge in [0, 0.05) is 6.04 Å². The summed E-state index contributed by atoms with van der Waals surface area (Å²) in [4.78, 5) is 10.7. The van der Waals surface area contributed by atoms with Crippen molar-refractivity contribution in [1.29, 1.82) is 0 Å². The number of carbonyl (C=O) groups is 1. The fourth-order valence-electron chi connectivity index (χ4n) is 0.889. The first kappa shape index (κ1) is 11.8. The van der Waals surface area contributed by atoms with Crippen LogP contribution in [0.5, 0.6) is 0 Å². The van der Waals surface area contributed by atoms with Crippen molar-refractivity contribution >= 4 is 17.7 Å². The van der Waals surface area contributed by atoms with Gasteiger partial charge in [0.15, 0.2) is 0 Å². The predicted octanol–water partition coefficient (Wildman–Crippen LogP) is 1.02. The molecule has 0 aromatic rings. The maximum atomic E-state index is 10.7. The fraction of sp³-hybridized carbons (Fsp3) is 0.875. The van der Waals surface area contributed by atoms with Crippen molar-refractivity contribution in [1.82, 2.24) is 0 Å². The second-order valence-electron chi connectivity index (χ2n) is 2.68. The minimum absolute atomic E-state index is 0.0374. The number of hydrogen-bond donors (Lipinski definition) is 1. The summed E-state index contributed by atoms with van der Waals surface area (Å²) in [6.45, 7) is 0. The van der Waals surface area contributed by atoms with Crippen molar-refractivity contribution in [2.24, 2.45) is 5.73 Å². The van der Waals surface area contributed by atoms with Crippen LogP contribution in [0.15, 0.2) is 0 Å². The molecule has 0 fully saturated rings. The Balaban J connectivity index is 3.32. The molecule has 0 aromatic heterocycles. The van der Waals surface area contributed by atoms with Gasteiger partial charge in [-0.05, 0) is 24.9 Å². The Bertz CT molecular complexity index is 130. The summed E-state index contributed by atoms with van der Waals surface area (Å²) in [6, 6.07) is -0.0374. The average molecular weight is 191 g/mol. The Morgan fingerprint density at radius 2 is 2.33 bits per heavy atom. The summed E-state index contributed by atoms with van der Waals surface area (Å²) in [7, 11) is 1.39. The van der Waals surface area contributed by atoms with Crippen molar-refractivity contribution in [2.45, 2.75) is 25.3 Å². The summed E-state index contributed by atoms with van der Waals surface area (Å²) in [6.07, 6.45) is 4.37. The summed E-state index contributed by atoms with van der Waals surface area (Å²) < 4.78 is 4.50. The molecule has 0 saturated heterocycles. The Kier molecular flexibility index (Phi) is 7.29. The third-order valence-corrected chi connectivity index (χ3v) is 2.28. The molecular formula is C8H17NO2S. The molecule has 0 bridgehead atoms. The highest BCUT2D eigenvalue weighted by Gasteiger charge is 2.08. The van der Waals surface area contributed by atoms with Crippen LogP contribution >= 0.6 is 11.8 Å². The molecule has 12 heavy (non-hydrogen) atoms. The van der Waals surface area contributed by atoms with Gasteiger partial charge in [-0.15, -0.1) is 0 Å². The SMILES string of the molecule is COC(=O)CC(N)CCCSC.